The molecule has 0 amide bonds. The second-order valence-electron chi connectivity index (χ2n) is 4.02. The molecule has 0 aliphatic carbocycles. The Hall–Kier alpha value is -1.41. The van der Waals surface area contributed by atoms with Gasteiger partial charge in [-0.25, -0.2) is 0 Å². The molecule has 1 heterocycles. The van der Waals surface area contributed by atoms with E-state index < -0.39 is 0 Å². The van der Waals surface area contributed by atoms with E-state index in [2.05, 4.69) is 0 Å². The summed E-state index contributed by atoms with van der Waals surface area (Å²) < 4.78 is 10.5. The zero-order chi connectivity index (χ0) is 12.4. The topological polar surface area (TPSA) is 22.4 Å². The van der Waals surface area contributed by atoms with Crippen molar-refractivity contribution < 1.29 is 9.15 Å². The third-order valence-corrected chi connectivity index (χ3v) is 3.37. The first-order valence-corrected chi connectivity index (χ1v) is 5.89. The quantitative estimate of drug-likeness (QED) is 0.761. The molecule has 0 fully saturated rings. The lowest BCUT2D eigenvalue weighted by atomic mass is 10.0. The number of methoxy groups -OCH3 is 1. The van der Waals surface area contributed by atoms with E-state index in [1.165, 1.54) is 0 Å². The molecule has 1 atom stereocenters. The second kappa shape index (κ2) is 4.84. The van der Waals surface area contributed by atoms with Gasteiger partial charge in [0.05, 0.1) is 18.8 Å². The maximum atomic E-state index is 6.44. The average molecular weight is 251 g/mol. The summed E-state index contributed by atoms with van der Waals surface area (Å²) in [6.45, 7) is 3.93. The van der Waals surface area contributed by atoms with Crippen molar-refractivity contribution in [1.29, 1.82) is 0 Å². The van der Waals surface area contributed by atoms with Gasteiger partial charge in [0.25, 0.3) is 0 Å². The average Bonchev–Trinajstić information content (AvgIpc) is 2.74. The van der Waals surface area contributed by atoms with Crippen LogP contribution in [0.5, 0.6) is 5.75 Å². The highest BCUT2D eigenvalue weighted by Gasteiger charge is 2.16. The molecule has 1 aromatic heterocycles. The fraction of sp³-hybridized carbons (Fsp3) is 0.286. The molecular formula is C14H15ClO2. The van der Waals surface area contributed by atoms with Gasteiger partial charge in [0, 0.05) is 5.56 Å². The van der Waals surface area contributed by atoms with Crippen molar-refractivity contribution in [3.63, 3.8) is 0 Å². The monoisotopic (exact) mass is 250 g/mol. The summed E-state index contributed by atoms with van der Waals surface area (Å²) in [5.41, 5.74) is 3.14. The first-order chi connectivity index (χ1) is 8.13. The van der Waals surface area contributed by atoms with Gasteiger partial charge in [-0.1, -0.05) is 12.1 Å². The lowest BCUT2D eigenvalue weighted by molar-refractivity contribution is 0.411. The van der Waals surface area contributed by atoms with E-state index in [1.54, 1.807) is 13.4 Å². The number of alkyl halides is 1. The number of halogens is 1. The Morgan fingerprint density at radius 2 is 2.00 bits per heavy atom. The zero-order valence-electron chi connectivity index (χ0n) is 10.2. The van der Waals surface area contributed by atoms with E-state index >= 15 is 0 Å². The van der Waals surface area contributed by atoms with E-state index in [-0.39, 0.29) is 5.38 Å². The van der Waals surface area contributed by atoms with E-state index in [0.717, 1.165) is 28.2 Å². The molecule has 2 aromatic rings. The van der Waals surface area contributed by atoms with Crippen LogP contribution in [-0.2, 0) is 0 Å². The molecule has 0 aliphatic rings. The minimum Gasteiger partial charge on any atom is -0.496 e. The van der Waals surface area contributed by atoms with Crippen LogP contribution in [0.15, 0.2) is 34.9 Å². The highest BCUT2D eigenvalue weighted by atomic mass is 35.5. The molecule has 0 saturated heterocycles. The molecule has 0 radical (unpaired) electrons. The summed E-state index contributed by atoms with van der Waals surface area (Å²) in [6.07, 6.45) is 1.66. The Labute approximate surface area is 106 Å². The van der Waals surface area contributed by atoms with Crippen LogP contribution in [0.3, 0.4) is 0 Å². The van der Waals surface area contributed by atoms with Gasteiger partial charge >= 0.3 is 0 Å². The van der Waals surface area contributed by atoms with Gasteiger partial charge < -0.3 is 9.15 Å². The van der Waals surface area contributed by atoms with Gasteiger partial charge in [-0.3, -0.25) is 0 Å². The number of rotatable bonds is 3. The Morgan fingerprint density at radius 1 is 1.24 bits per heavy atom. The molecule has 0 spiro atoms. The third kappa shape index (κ3) is 2.32. The largest absolute Gasteiger partial charge is 0.496 e. The molecule has 90 valence electrons. The second-order valence-corrected chi connectivity index (χ2v) is 4.46. The van der Waals surface area contributed by atoms with Crippen molar-refractivity contribution >= 4 is 11.6 Å². The minimum atomic E-state index is -0.182. The van der Waals surface area contributed by atoms with Gasteiger partial charge in [0.2, 0.25) is 0 Å². The first-order valence-electron chi connectivity index (χ1n) is 5.46. The molecule has 0 aliphatic heterocycles. The van der Waals surface area contributed by atoms with Crippen LogP contribution in [0.25, 0.3) is 0 Å². The molecule has 3 heteroatoms. The maximum Gasteiger partial charge on any atom is 0.121 e. The van der Waals surface area contributed by atoms with Crippen LogP contribution in [0.2, 0.25) is 0 Å². The Bertz CT molecular complexity index is 517. The van der Waals surface area contributed by atoms with Gasteiger partial charge in [-0.15, -0.1) is 11.6 Å². The standard InChI is InChI=1S/C14H15ClO2/c1-9-8-11(4-5-13(9)16-3)14(15)12-6-7-17-10(12)2/h4-8,14H,1-3H3. The van der Waals surface area contributed by atoms with Crippen molar-refractivity contribution in [3.05, 3.63) is 53.0 Å². The molecule has 1 unspecified atom stereocenters. The summed E-state index contributed by atoms with van der Waals surface area (Å²) in [5.74, 6) is 1.74. The molecule has 17 heavy (non-hydrogen) atoms. The smallest absolute Gasteiger partial charge is 0.121 e. The predicted octanol–water partition coefficient (Wildman–Crippen LogP) is 4.23. The fourth-order valence-electron chi connectivity index (χ4n) is 1.90. The molecule has 2 rings (SSSR count). The summed E-state index contributed by atoms with van der Waals surface area (Å²) in [7, 11) is 1.67. The van der Waals surface area contributed by atoms with E-state index in [0.29, 0.717) is 0 Å². The highest BCUT2D eigenvalue weighted by Crippen LogP contribution is 2.33. The number of ether oxygens (including phenoxy) is 1. The highest BCUT2D eigenvalue weighted by molar-refractivity contribution is 6.22. The number of aryl methyl sites for hydroxylation is 2. The molecule has 0 N–H and O–H groups in total. The number of furan rings is 1. The predicted molar refractivity (Wildman–Crippen MR) is 68.9 cm³/mol. The van der Waals surface area contributed by atoms with Crippen LogP contribution >= 0.6 is 11.6 Å². The summed E-state index contributed by atoms with van der Waals surface area (Å²) in [6, 6.07) is 7.88. The lowest BCUT2D eigenvalue weighted by Gasteiger charge is -2.12. The normalized spacial score (nSPS) is 12.5. The van der Waals surface area contributed by atoms with Crippen molar-refractivity contribution in [2.24, 2.45) is 0 Å². The van der Waals surface area contributed by atoms with Crippen LogP contribution in [0.1, 0.15) is 27.8 Å². The van der Waals surface area contributed by atoms with E-state index in [4.69, 9.17) is 20.8 Å². The van der Waals surface area contributed by atoms with Crippen molar-refractivity contribution in [3.8, 4) is 5.75 Å². The molecule has 0 bridgehead atoms. The van der Waals surface area contributed by atoms with Gasteiger partial charge in [-0.05, 0) is 37.1 Å². The number of benzene rings is 1. The van der Waals surface area contributed by atoms with Gasteiger partial charge in [-0.2, -0.15) is 0 Å². The van der Waals surface area contributed by atoms with E-state index in [9.17, 15) is 0 Å². The van der Waals surface area contributed by atoms with Crippen LogP contribution in [0.4, 0.5) is 0 Å². The fourth-order valence-corrected chi connectivity index (χ4v) is 2.26. The minimum absolute atomic E-state index is 0.182. The Morgan fingerprint density at radius 3 is 2.53 bits per heavy atom. The van der Waals surface area contributed by atoms with Crippen molar-refractivity contribution in [2.75, 3.05) is 7.11 Å². The maximum absolute atomic E-state index is 6.44. The molecular weight excluding hydrogens is 236 g/mol. The van der Waals surface area contributed by atoms with Gasteiger partial charge in [0.1, 0.15) is 11.5 Å². The number of hydrogen-bond acceptors (Lipinski definition) is 2. The summed E-state index contributed by atoms with van der Waals surface area (Å²) in [5, 5.41) is -0.182. The van der Waals surface area contributed by atoms with Crippen LogP contribution in [0, 0.1) is 13.8 Å². The van der Waals surface area contributed by atoms with Crippen molar-refractivity contribution in [2.45, 2.75) is 19.2 Å². The van der Waals surface area contributed by atoms with Crippen LogP contribution < -0.4 is 4.74 Å². The Kier molecular flexibility index (Phi) is 3.43. The van der Waals surface area contributed by atoms with Crippen LogP contribution in [-0.4, -0.2) is 7.11 Å². The van der Waals surface area contributed by atoms with Gasteiger partial charge in [0.15, 0.2) is 0 Å². The molecule has 1 aromatic carbocycles. The van der Waals surface area contributed by atoms with Crippen molar-refractivity contribution in [1.82, 2.24) is 0 Å². The molecule has 0 saturated carbocycles. The third-order valence-electron chi connectivity index (χ3n) is 2.88. The number of hydrogen-bond donors (Lipinski definition) is 0. The molecule has 2 nitrogen and oxygen atoms in total. The first kappa shape index (κ1) is 12.1. The summed E-state index contributed by atoms with van der Waals surface area (Å²) in [4.78, 5) is 0. The lowest BCUT2D eigenvalue weighted by Crippen LogP contribution is -1.95. The zero-order valence-corrected chi connectivity index (χ0v) is 10.9. The van der Waals surface area contributed by atoms with E-state index in [1.807, 2.05) is 38.1 Å². The SMILES string of the molecule is COc1ccc(C(Cl)c2ccoc2C)cc1C. The Balaban J connectivity index is 2.35. The summed E-state index contributed by atoms with van der Waals surface area (Å²) >= 11 is 6.44.